The minimum absolute atomic E-state index is 0.00706. The molecule has 8 nitrogen and oxygen atoms in total. The fourth-order valence-corrected chi connectivity index (χ4v) is 8.68. The molecule has 0 radical (unpaired) electrons. The standard InChI is InChI=1S/C29H37N5O3S2/c30-20-29(12-13-29)32-27(35)24-7-3-2-6-23(24)25-26(38-28(31-25)34-14-4-1-5-15-34)21-8-10-22(11-9-21)33-16-18-39(36,37)19-17-33/h8-11,23-24H,1-7,12-19H2,(H,32,35)/t23-,24-/m1/s1. The molecule has 1 aromatic carbocycles. The summed E-state index contributed by atoms with van der Waals surface area (Å²) in [7, 11) is -2.93. The number of piperidine rings is 1. The Hall–Kier alpha value is -2.64. The Morgan fingerprint density at radius 3 is 2.33 bits per heavy atom. The van der Waals surface area contributed by atoms with Crippen molar-refractivity contribution in [2.24, 2.45) is 5.92 Å². The van der Waals surface area contributed by atoms with E-state index >= 15 is 0 Å². The molecule has 6 rings (SSSR count). The topological polar surface area (TPSA) is 106 Å². The largest absolute Gasteiger partial charge is 0.369 e. The van der Waals surface area contributed by atoms with Crippen LogP contribution in [0.5, 0.6) is 0 Å². The van der Waals surface area contributed by atoms with Gasteiger partial charge in [-0.25, -0.2) is 13.4 Å². The first-order chi connectivity index (χ1) is 18.9. The molecule has 1 aromatic heterocycles. The maximum atomic E-state index is 13.5. The van der Waals surface area contributed by atoms with Gasteiger partial charge in [-0.15, -0.1) is 0 Å². The lowest BCUT2D eigenvalue weighted by Gasteiger charge is -2.31. The van der Waals surface area contributed by atoms with Crippen LogP contribution in [0.4, 0.5) is 10.8 Å². The minimum atomic E-state index is -2.93. The molecule has 2 aliphatic heterocycles. The smallest absolute Gasteiger partial charge is 0.225 e. The summed E-state index contributed by atoms with van der Waals surface area (Å²) in [4.78, 5) is 24.4. The van der Waals surface area contributed by atoms with Gasteiger partial charge in [0.25, 0.3) is 0 Å². The lowest BCUT2D eigenvalue weighted by molar-refractivity contribution is -0.127. The van der Waals surface area contributed by atoms with E-state index in [1.165, 1.54) is 19.3 Å². The van der Waals surface area contributed by atoms with Gasteiger partial charge in [-0.2, -0.15) is 5.26 Å². The van der Waals surface area contributed by atoms with Crippen LogP contribution in [-0.2, 0) is 14.6 Å². The highest BCUT2D eigenvalue weighted by Gasteiger charge is 2.47. The van der Waals surface area contributed by atoms with Crippen molar-refractivity contribution in [1.29, 1.82) is 5.26 Å². The van der Waals surface area contributed by atoms with Crippen LogP contribution in [0, 0.1) is 17.2 Å². The maximum Gasteiger partial charge on any atom is 0.225 e. The number of hydrogen-bond acceptors (Lipinski definition) is 8. The molecule has 2 atom stereocenters. The fraction of sp³-hybridized carbons (Fsp3) is 0.621. The van der Waals surface area contributed by atoms with Gasteiger partial charge >= 0.3 is 0 Å². The van der Waals surface area contributed by atoms with Crippen molar-refractivity contribution >= 4 is 37.9 Å². The number of carbonyl (C=O) groups is 1. The number of hydrogen-bond donors (Lipinski definition) is 1. The summed E-state index contributed by atoms with van der Waals surface area (Å²) in [5.74, 6) is 0.267. The van der Waals surface area contributed by atoms with Crippen molar-refractivity contribution in [3.8, 4) is 16.5 Å². The van der Waals surface area contributed by atoms with Crippen LogP contribution in [-0.4, -0.2) is 62.5 Å². The lowest BCUT2D eigenvalue weighted by atomic mass is 9.76. The van der Waals surface area contributed by atoms with E-state index in [9.17, 15) is 18.5 Å². The number of sulfone groups is 1. The van der Waals surface area contributed by atoms with Gasteiger partial charge in [0.05, 0.1) is 28.1 Å². The molecule has 3 heterocycles. The van der Waals surface area contributed by atoms with Crippen molar-refractivity contribution < 1.29 is 13.2 Å². The molecule has 2 saturated carbocycles. The van der Waals surface area contributed by atoms with Gasteiger partial charge in [0, 0.05) is 43.7 Å². The molecule has 39 heavy (non-hydrogen) atoms. The predicted molar refractivity (Wildman–Crippen MR) is 155 cm³/mol. The number of anilines is 2. The first kappa shape index (κ1) is 26.6. The Morgan fingerprint density at radius 1 is 0.974 bits per heavy atom. The molecule has 0 bridgehead atoms. The second kappa shape index (κ2) is 10.7. The van der Waals surface area contributed by atoms with Gasteiger partial charge < -0.3 is 15.1 Å². The number of nitriles is 1. The lowest BCUT2D eigenvalue weighted by Crippen LogP contribution is -2.42. The minimum Gasteiger partial charge on any atom is -0.369 e. The number of rotatable bonds is 6. The quantitative estimate of drug-likeness (QED) is 0.549. The second-order valence-electron chi connectivity index (χ2n) is 11.6. The van der Waals surface area contributed by atoms with E-state index in [2.05, 4.69) is 45.5 Å². The first-order valence-corrected chi connectivity index (χ1v) is 17.0. The van der Waals surface area contributed by atoms with Crippen LogP contribution in [0.15, 0.2) is 24.3 Å². The van der Waals surface area contributed by atoms with E-state index < -0.39 is 15.4 Å². The van der Waals surface area contributed by atoms with E-state index in [1.54, 1.807) is 11.3 Å². The van der Waals surface area contributed by atoms with E-state index in [4.69, 9.17) is 4.98 Å². The zero-order valence-corrected chi connectivity index (χ0v) is 24.0. The van der Waals surface area contributed by atoms with Crippen molar-refractivity contribution in [1.82, 2.24) is 10.3 Å². The molecular formula is C29H37N5O3S2. The zero-order valence-electron chi connectivity index (χ0n) is 22.4. The SMILES string of the molecule is N#CC1(NC(=O)[C@@H]2CCCC[C@H]2c2nc(N3CCCCC3)sc2-c2ccc(N3CCS(=O)(=O)CC3)cc2)CC1. The highest BCUT2D eigenvalue weighted by atomic mass is 32.2. The Labute approximate surface area is 235 Å². The van der Waals surface area contributed by atoms with Crippen LogP contribution < -0.4 is 15.1 Å². The Balaban J connectivity index is 1.31. The van der Waals surface area contributed by atoms with Crippen LogP contribution in [0.2, 0.25) is 0 Å². The molecule has 1 N–H and O–H groups in total. The highest BCUT2D eigenvalue weighted by Crippen LogP contribution is 2.47. The number of thiazole rings is 1. The van der Waals surface area contributed by atoms with E-state index in [0.29, 0.717) is 13.1 Å². The molecular weight excluding hydrogens is 530 g/mol. The normalized spacial score (nSPS) is 26.0. The average Bonchev–Trinajstić information content (AvgIpc) is 3.60. The summed E-state index contributed by atoms with van der Waals surface area (Å²) in [6.45, 7) is 3.08. The predicted octanol–water partition coefficient (Wildman–Crippen LogP) is 4.48. The number of aromatic nitrogens is 1. The summed E-state index contributed by atoms with van der Waals surface area (Å²) in [6.07, 6.45) is 8.93. The van der Waals surface area contributed by atoms with Crippen molar-refractivity contribution in [2.75, 3.05) is 47.5 Å². The molecule has 2 saturated heterocycles. The third-order valence-corrected chi connectivity index (χ3v) is 11.7. The maximum absolute atomic E-state index is 13.5. The first-order valence-electron chi connectivity index (χ1n) is 14.4. The molecule has 208 valence electrons. The van der Waals surface area contributed by atoms with Crippen LogP contribution in [0.3, 0.4) is 0 Å². The number of benzene rings is 1. The van der Waals surface area contributed by atoms with Gasteiger partial charge in [0.1, 0.15) is 5.54 Å². The summed E-state index contributed by atoms with van der Waals surface area (Å²) in [5.41, 5.74) is 2.50. The molecule has 4 aliphatic rings. The average molecular weight is 568 g/mol. The fourth-order valence-electron chi connectivity index (χ4n) is 6.28. The van der Waals surface area contributed by atoms with E-state index in [0.717, 1.165) is 78.6 Å². The second-order valence-corrected chi connectivity index (χ2v) is 14.9. The Bertz CT molecular complexity index is 1340. The third-order valence-electron chi connectivity index (χ3n) is 8.89. The number of carbonyl (C=O) groups excluding carboxylic acids is 1. The Kier molecular flexibility index (Phi) is 7.32. The summed E-state index contributed by atoms with van der Waals surface area (Å²) in [5, 5.41) is 13.7. The molecule has 2 aromatic rings. The summed E-state index contributed by atoms with van der Waals surface area (Å²) in [6, 6.07) is 10.7. The number of nitrogens with one attached hydrogen (secondary N) is 1. The van der Waals surface area contributed by atoms with Gasteiger partial charge in [0.15, 0.2) is 15.0 Å². The van der Waals surface area contributed by atoms with Gasteiger partial charge in [-0.3, -0.25) is 4.79 Å². The van der Waals surface area contributed by atoms with Crippen LogP contribution in [0.25, 0.3) is 10.4 Å². The third kappa shape index (κ3) is 5.66. The van der Waals surface area contributed by atoms with Gasteiger partial charge in [0.2, 0.25) is 5.91 Å². The van der Waals surface area contributed by atoms with Crippen molar-refractivity contribution in [2.45, 2.75) is 69.2 Å². The van der Waals surface area contributed by atoms with Gasteiger partial charge in [-0.05, 0) is 62.6 Å². The molecule has 10 heteroatoms. The van der Waals surface area contributed by atoms with Crippen LogP contribution in [0.1, 0.15) is 69.4 Å². The number of nitrogens with zero attached hydrogens (tertiary/aromatic N) is 4. The molecule has 0 unspecified atom stereocenters. The number of amides is 1. The van der Waals surface area contributed by atoms with Gasteiger partial charge in [-0.1, -0.05) is 36.3 Å². The highest BCUT2D eigenvalue weighted by molar-refractivity contribution is 7.91. The molecule has 4 fully saturated rings. The summed E-state index contributed by atoms with van der Waals surface area (Å²) < 4.78 is 23.8. The summed E-state index contributed by atoms with van der Waals surface area (Å²) >= 11 is 1.74. The van der Waals surface area contributed by atoms with E-state index in [-0.39, 0.29) is 29.2 Å². The van der Waals surface area contributed by atoms with Crippen molar-refractivity contribution in [3.05, 3.63) is 30.0 Å². The van der Waals surface area contributed by atoms with Crippen molar-refractivity contribution in [3.63, 3.8) is 0 Å². The molecule has 0 spiro atoms. The van der Waals surface area contributed by atoms with E-state index in [1.807, 2.05) is 0 Å². The van der Waals surface area contributed by atoms with Crippen LogP contribution >= 0.6 is 11.3 Å². The molecule has 2 aliphatic carbocycles. The zero-order chi connectivity index (χ0) is 27.0. The Morgan fingerprint density at radius 2 is 1.67 bits per heavy atom. The molecule has 1 amide bonds. The monoisotopic (exact) mass is 567 g/mol.